The van der Waals surface area contributed by atoms with Crippen LogP contribution in [0.2, 0.25) is 0 Å². The number of aliphatic hydroxyl groups excluding tert-OH is 1. The summed E-state index contributed by atoms with van der Waals surface area (Å²) < 4.78 is 0. The van der Waals surface area contributed by atoms with Crippen LogP contribution in [0.1, 0.15) is 53.2 Å². The number of carboxylic acids is 1. The highest BCUT2D eigenvalue weighted by Crippen LogP contribution is 2.09. The molecule has 3 amide bonds. The molecule has 0 fully saturated rings. The minimum Gasteiger partial charge on any atom is -0.480 e. The summed E-state index contributed by atoms with van der Waals surface area (Å²) in [5.41, 5.74) is 6.23. The highest BCUT2D eigenvalue weighted by Gasteiger charge is 2.31. The molecule has 0 aliphatic carbocycles. The third kappa shape index (κ3) is 9.87. The van der Waals surface area contributed by atoms with Crippen molar-refractivity contribution in [1.82, 2.24) is 25.9 Å². The fourth-order valence-corrected chi connectivity index (χ4v) is 3.25. The first-order valence-electron chi connectivity index (χ1n) is 11.4. The number of carbonyl (C=O) groups excluding carboxylic acids is 3. The number of aliphatic carboxylic acids is 1. The van der Waals surface area contributed by atoms with Crippen LogP contribution in [0.15, 0.2) is 12.5 Å². The number of amides is 3. The summed E-state index contributed by atoms with van der Waals surface area (Å²) in [6.07, 6.45) is 2.30. The van der Waals surface area contributed by atoms with E-state index in [0.29, 0.717) is 5.69 Å². The Morgan fingerprint density at radius 1 is 0.912 bits per heavy atom. The Morgan fingerprint density at radius 2 is 1.41 bits per heavy atom. The molecule has 1 aromatic rings. The Balaban J connectivity index is 3.07. The molecule has 12 nitrogen and oxygen atoms in total. The van der Waals surface area contributed by atoms with Crippen molar-refractivity contribution in [2.75, 3.05) is 0 Å². The smallest absolute Gasteiger partial charge is 0.326 e. The largest absolute Gasteiger partial charge is 0.480 e. The average molecular weight is 483 g/mol. The third-order valence-corrected chi connectivity index (χ3v) is 5.10. The lowest BCUT2D eigenvalue weighted by molar-refractivity contribution is -0.142. The summed E-state index contributed by atoms with van der Waals surface area (Å²) in [6, 6.07) is -4.48. The monoisotopic (exact) mass is 482 g/mol. The van der Waals surface area contributed by atoms with Crippen molar-refractivity contribution in [3.05, 3.63) is 18.2 Å². The van der Waals surface area contributed by atoms with Gasteiger partial charge in [0.25, 0.3) is 0 Å². The van der Waals surface area contributed by atoms with Crippen LogP contribution in [0.4, 0.5) is 0 Å². The van der Waals surface area contributed by atoms with Gasteiger partial charge >= 0.3 is 5.97 Å². The third-order valence-electron chi connectivity index (χ3n) is 5.10. The number of imidazole rings is 1. The number of hydrogen-bond donors (Lipinski definition) is 7. The van der Waals surface area contributed by atoms with E-state index in [0.717, 1.165) is 0 Å². The lowest BCUT2D eigenvalue weighted by Crippen LogP contribution is -2.58. The van der Waals surface area contributed by atoms with Gasteiger partial charge in [-0.1, -0.05) is 27.7 Å². The molecule has 5 atom stereocenters. The Kier molecular flexibility index (Phi) is 11.7. The Morgan fingerprint density at radius 3 is 1.88 bits per heavy atom. The Hall–Kier alpha value is -2.99. The van der Waals surface area contributed by atoms with E-state index in [-0.39, 0.29) is 31.1 Å². The van der Waals surface area contributed by atoms with Crippen LogP contribution in [0, 0.1) is 11.8 Å². The molecule has 1 aromatic heterocycles. The predicted octanol–water partition coefficient (Wildman–Crippen LogP) is -0.708. The van der Waals surface area contributed by atoms with E-state index in [4.69, 9.17) is 5.73 Å². The number of carbonyl (C=O) groups is 4. The van der Waals surface area contributed by atoms with Gasteiger partial charge < -0.3 is 36.9 Å². The van der Waals surface area contributed by atoms with Crippen molar-refractivity contribution in [2.45, 2.75) is 84.2 Å². The topological polar surface area (TPSA) is 200 Å². The summed E-state index contributed by atoms with van der Waals surface area (Å²) in [4.78, 5) is 56.8. The first kappa shape index (κ1) is 29.0. The van der Waals surface area contributed by atoms with Gasteiger partial charge in [0.1, 0.15) is 24.2 Å². The van der Waals surface area contributed by atoms with E-state index < -0.39 is 54.0 Å². The molecule has 0 bridgehead atoms. The molecule has 0 radical (unpaired) electrons. The molecule has 0 saturated heterocycles. The van der Waals surface area contributed by atoms with Crippen LogP contribution in [-0.4, -0.2) is 74.1 Å². The molecule has 1 rings (SSSR count). The fourth-order valence-electron chi connectivity index (χ4n) is 3.25. The second-order valence-electron chi connectivity index (χ2n) is 9.33. The van der Waals surface area contributed by atoms with Crippen molar-refractivity contribution < 1.29 is 29.4 Å². The van der Waals surface area contributed by atoms with Gasteiger partial charge in [0, 0.05) is 18.3 Å². The van der Waals surface area contributed by atoms with E-state index >= 15 is 0 Å². The molecule has 12 heteroatoms. The zero-order valence-corrected chi connectivity index (χ0v) is 20.4. The molecule has 8 N–H and O–H groups in total. The summed E-state index contributed by atoms with van der Waals surface area (Å²) in [6.45, 7) is 8.76. The van der Waals surface area contributed by atoms with Gasteiger partial charge in [-0.15, -0.1) is 0 Å². The number of H-pyrrole nitrogens is 1. The SMILES string of the molecule is CC(C)CC(NC(=O)C(Cc1cnc[nH]1)NC(=O)C(CC(C)C)NC(=O)C(N)C(C)O)C(=O)O. The van der Waals surface area contributed by atoms with Gasteiger partial charge in [0.15, 0.2) is 0 Å². The molecule has 0 spiro atoms. The minimum atomic E-state index is -1.22. The molecule has 1 heterocycles. The molecular weight excluding hydrogens is 444 g/mol. The number of aromatic amines is 1. The number of carboxylic acid groups (broad SMARTS) is 1. The average Bonchev–Trinajstić information content (AvgIpc) is 3.23. The summed E-state index contributed by atoms with van der Waals surface area (Å²) >= 11 is 0. The number of nitrogens with one attached hydrogen (secondary N) is 4. The van der Waals surface area contributed by atoms with Crippen molar-refractivity contribution in [2.24, 2.45) is 17.6 Å². The van der Waals surface area contributed by atoms with Crippen LogP contribution in [0.5, 0.6) is 0 Å². The summed E-state index contributed by atoms with van der Waals surface area (Å²) in [5, 5.41) is 26.7. The van der Waals surface area contributed by atoms with Crippen molar-refractivity contribution in [1.29, 1.82) is 0 Å². The summed E-state index contributed by atoms with van der Waals surface area (Å²) in [5.74, 6) is -3.15. The normalized spacial score (nSPS) is 15.8. The fraction of sp³-hybridized carbons (Fsp3) is 0.682. The number of rotatable bonds is 14. The van der Waals surface area contributed by atoms with E-state index in [2.05, 4.69) is 25.9 Å². The van der Waals surface area contributed by atoms with E-state index in [1.807, 2.05) is 27.7 Å². The molecule has 192 valence electrons. The quantitative estimate of drug-likeness (QED) is 0.180. The Labute approximate surface area is 199 Å². The van der Waals surface area contributed by atoms with Crippen LogP contribution < -0.4 is 21.7 Å². The number of nitrogens with zero attached hydrogens (tertiary/aromatic N) is 1. The van der Waals surface area contributed by atoms with Crippen LogP contribution in [0.25, 0.3) is 0 Å². The van der Waals surface area contributed by atoms with Gasteiger partial charge in [-0.3, -0.25) is 14.4 Å². The molecule has 0 aromatic carbocycles. The lowest BCUT2D eigenvalue weighted by Gasteiger charge is -2.26. The van der Waals surface area contributed by atoms with Gasteiger partial charge in [-0.2, -0.15) is 0 Å². The van der Waals surface area contributed by atoms with Gasteiger partial charge in [-0.05, 0) is 31.6 Å². The lowest BCUT2D eigenvalue weighted by atomic mass is 10.0. The number of nitrogens with two attached hydrogens (primary N) is 1. The first-order chi connectivity index (χ1) is 15.8. The van der Waals surface area contributed by atoms with E-state index in [1.54, 1.807) is 0 Å². The molecule has 0 saturated carbocycles. The first-order valence-corrected chi connectivity index (χ1v) is 11.4. The zero-order chi connectivity index (χ0) is 26.0. The van der Waals surface area contributed by atoms with Crippen LogP contribution >= 0.6 is 0 Å². The molecular formula is C22H38N6O6. The van der Waals surface area contributed by atoms with Crippen molar-refractivity contribution >= 4 is 23.7 Å². The van der Waals surface area contributed by atoms with Gasteiger partial charge in [0.05, 0.1) is 12.4 Å². The van der Waals surface area contributed by atoms with E-state index in [1.165, 1.54) is 19.4 Å². The molecule has 5 unspecified atom stereocenters. The van der Waals surface area contributed by atoms with Crippen LogP contribution in [0.3, 0.4) is 0 Å². The highest BCUT2D eigenvalue weighted by atomic mass is 16.4. The predicted molar refractivity (Wildman–Crippen MR) is 124 cm³/mol. The minimum absolute atomic E-state index is 0.0149. The maximum absolute atomic E-state index is 13.1. The van der Waals surface area contributed by atoms with Gasteiger partial charge in [0.2, 0.25) is 17.7 Å². The second kappa shape index (κ2) is 13.7. The molecule has 34 heavy (non-hydrogen) atoms. The number of aliphatic hydroxyl groups is 1. The van der Waals surface area contributed by atoms with Crippen molar-refractivity contribution in [3.8, 4) is 0 Å². The standard InChI is InChI=1S/C22H38N6O6/c1-11(2)6-15(27-21(32)18(23)13(5)29)19(30)26-16(8-14-9-24-10-25-14)20(31)28-17(22(33)34)7-12(3)4/h9-13,15-18,29H,6-8,23H2,1-5H3,(H,24,25)(H,26,30)(H,27,32)(H,28,31)(H,33,34). The zero-order valence-electron chi connectivity index (χ0n) is 20.4. The Bertz CT molecular complexity index is 811. The maximum Gasteiger partial charge on any atom is 0.326 e. The molecule has 0 aliphatic heterocycles. The van der Waals surface area contributed by atoms with Crippen molar-refractivity contribution in [3.63, 3.8) is 0 Å². The number of hydrogen-bond acceptors (Lipinski definition) is 7. The number of aromatic nitrogens is 2. The summed E-state index contributed by atoms with van der Waals surface area (Å²) in [7, 11) is 0. The second-order valence-corrected chi connectivity index (χ2v) is 9.33. The van der Waals surface area contributed by atoms with Crippen LogP contribution in [-0.2, 0) is 25.6 Å². The highest BCUT2D eigenvalue weighted by molar-refractivity contribution is 5.94. The van der Waals surface area contributed by atoms with E-state index in [9.17, 15) is 29.4 Å². The molecule has 0 aliphatic rings. The van der Waals surface area contributed by atoms with Gasteiger partial charge in [-0.25, -0.2) is 9.78 Å². The maximum atomic E-state index is 13.1.